The number of pyridine rings is 1. The predicted molar refractivity (Wildman–Crippen MR) is 64.2 cm³/mol. The Hall–Kier alpha value is -0.980. The normalized spacial score (nSPS) is 14.1. The Morgan fingerprint density at radius 3 is 2.76 bits per heavy atom. The van der Waals surface area contributed by atoms with Crippen LogP contribution in [0, 0.1) is 0 Å². The summed E-state index contributed by atoms with van der Waals surface area (Å²) in [7, 11) is 0. The summed E-state index contributed by atoms with van der Waals surface area (Å²) >= 11 is 3.21. The molecule has 1 aromatic rings. The van der Waals surface area contributed by atoms with E-state index in [9.17, 15) is 15.0 Å². The van der Waals surface area contributed by atoms with Crippen LogP contribution in [0.5, 0.6) is 0 Å². The zero-order chi connectivity index (χ0) is 12.8. The molecule has 0 aliphatic rings. The fourth-order valence-corrected chi connectivity index (χ4v) is 1.50. The lowest BCUT2D eigenvalue weighted by Gasteiger charge is -2.16. The van der Waals surface area contributed by atoms with Crippen LogP contribution in [0.2, 0.25) is 0 Å². The van der Waals surface area contributed by atoms with Gasteiger partial charge in [-0.05, 0) is 35.0 Å². The van der Waals surface area contributed by atoms with Crippen molar-refractivity contribution in [2.45, 2.75) is 25.6 Å². The van der Waals surface area contributed by atoms with Gasteiger partial charge in [0.2, 0.25) is 0 Å². The highest BCUT2D eigenvalue weighted by atomic mass is 79.9. The molecule has 0 aliphatic carbocycles. The van der Waals surface area contributed by atoms with Crippen LogP contribution in [0.1, 0.15) is 25.1 Å². The number of esters is 1. The maximum atomic E-state index is 11.1. The lowest BCUT2D eigenvalue weighted by molar-refractivity contribution is -0.147. The first-order chi connectivity index (χ1) is 8.04. The molecule has 0 fully saturated rings. The number of ether oxygens (including phenoxy) is 1. The molecule has 5 nitrogen and oxygen atoms in total. The molecular formula is C11H14BrNO4. The highest BCUT2D eigenvalue weighted by Crippen LogP contribution is 2.18. The van der Waals surface area contributed by atoms with Crippen molar-refractivity contribution in [3.05, 3.63) is 28.5 Å². The van der Waals surface area contributed by atoms with Crippen LogP contribution in [0.3, 0.4) is 0 Å². The number of aliphatic hydroxyl groups is 2. The fraction of sp³-hybridized carbons (Fsp3) is 0.455. The maximum absolute atomic E-state index is 11.1. The largest absolute Gasteiger partial charge is 0.466 e. The fourth-order valence-electron chi connectivity index (χ4n) is 1.26. The number of nitrogens with zero attached hydrogens (tertiary/aromatic N) is 1. The molecule has 0 spiro atoms. The predicted octanol–water partition coefficient (Wildman–Crippen LogP) is 1.19. The quantitative estimate of drug-likeness (QED) is 0.799. The van der Waals surface area contributed by atoms with Crippen molar-refractivity contribution in [1.82, 2.24) is 4.98 Å². The van der Waals surface area contributed by atoms with Crippen molar-refractivity contribution in [3.63, 3.8) is 0 Å². The Morgan fingerprint density at radius 2 is 2.24 bits per heavy atom. The number of carbonyl (C=O) groups is 1. The van der Waals surface area contributed by atoms with Gasteiger partial charge in [-0.25, -0.2) is 0 Å². The molecule has 2 unspecified atom stereocenters. The number of halogens is 1. The van der Waals surface area contributed by atoms with E-state index in [0.29, 0.717) is 5.69 Å². The third kappa shape index (κ3) is 4.41. The van der Waals surface area contributed by atoms with E-state index in [1.807, 2.05) is 0 Å². The van der Waals surface area contributed by atoms with Crippen LogP contribution in [0.4, 0.5) is 0 Å². The highest BCUT2D eigenvalue weighted by molar-refractivity contribution is 9.10. The topological polar surface area (TPSA) is 79.7 Å². The summed E-state index contributed by atoms with van der Waals surface area (Å²) in [4.78, 5) is 15.1. The molecule has 0 saturated heterocycles. The molecule has 6 heteroatoms. The molecule has 0 aliphatic heterocycles. The summed E-state index contributed by atoms with van der Waals surface area (Å²) < 4.78 is 5.45. The summed E-state index contributed by atoms with van der Waals surface area (Å²) in [5.74, 6) is -0.545. The molecule has 0 radical (unpaired) electrons. The maximum Gasteiger partial charge on any atom is 0.308 e. The van der Waals surface area contributed by atoms with E-state index in [1.54, 1.807) is 19.1 Å². The van der Waals surface area contributed by atoms with E-state index in [0.717, 1.165) is 4.47 Å². The molecule has 1 aromatic heterocycles. The van der Waals surface area contributed by atoms with Crippen LogP contribution >= 0.6 is 15.9 Å². The average Bonchev–Trinajstić information content (AvgIpc) is 2.29. The smallest absolute Gasteiger partial charge is 0.308 e. The second-order valence-corrected chi connectivity index (χ2v) is 4.34. The van der Waals surface area contributed by atoms with E-state index in [2.05, 4.69) is 25.7 Å². The summed E-state index contributed by atoms with van der Waals surface area (Å²) in [6.07, 6.45) is -1.17. The molecule has 1 rings (SSSR count). The van der Waals surface area contributed by atoms with Gasteiger partial charge < -0.3 is 14.9 Å². The molecule has 0 saturated carbocycles. The molecule has 0 bridgehead atoms. The minimum absolute atomic E-state index is 0.248. The molecule has 94 valence electrons. The summed E-state index contributed by atoms with van der Waals surface area (Å²) in [5.41, 5.74) is 0.310. The summed E-state index contributed by atoms with van der Waals surface area (Å²) in [5, 5.41) is 19.4. The van der Waals surface area contributed by atoms with Crippen molar-refractivity contribution >= 4 is 21.9 Å². The number of rotatable bonds is 5. The van der Waals surface area contributed by atoms with Gasteiger partial charge in [-0.1, -0.05) is 0 Å². The van der Waals surface area contributed by atoms with Gasteiger partial charge in [-0.3, -0.25) is 9.78 Å². The van der Waals surface area contributed by atoms with Crippen molar-refractivity contribution in [2.75, 3.05) is 6.61 Å². The number of hydrogen-bond acceptors (Lipinski definition) is 5. The lowest BCUT2D eigenvalue weighted by atomic mass is 10.1. The lowest BCUT2D eigenvalue weighted by Crippen LogP contribution is -2.23. The molecule has 0 aromatic carbocycles. The van der Waals surface area contributed by atoms with Crippen molar-refractivity contribution < 1.29 is 19.7 Å². The van der Waals surface area contributed by atoms with Gasteiger partial charge in [0.25, 0.3) is 0 Å². The first kappa shape index (κ1) is 14.1. The first-order valence-corrected chi connectivity index (χ1v) is 5.97. The van der Waals surface area contributed by atoms with Gasteiger partial charge in [0.05, 0.1) is 24.8 Å². The van der Waals surface area contributed by atoms with Gasteiger partial charge in [0.1, 0.15) is 6.10 Å². The van der Waals surface area contributed by atoms with Crippen molar-refractivity contribution in [2.24, 2.45) is 0 Å². The molecule has 17 heavy (non-hydrogen) atoms. The molecule has 2 atom stereocenters. The van der Waals surface area contributed by atoms with Crippen molar-refractivity contribution in [1.29, 1.82) is 0 Å². The van der Waals surface area contributed by atoms with Crippen molar-refractivity contribution in [3.8, 4) is 0 Å². The Balaban J connectivity index is 2.60. The van der Waals surface area contributed by atoms with E-state index < -0.39 is 18.2 Å². The van der Waals surface area contributed by atoms with Gasteiger partial charge in [0, 0.05) is 10.7 Å². The summed E-state index contributed by atoms with van der Waals surface area (Å²) in [6.45, 7) is 1.93. The van der Waals surface area contributed by atoms with E-state index >= 15 is 0 Å². The van der Waals surface area contributed by atoms with E-state index in [4.69, 9.17) is 0 Å². The van der Waals surface area contributed by atoms with Crippen LogP contribution in [0.15, 0.2) is 22.8 Å². The number of aliphatic hydroxyl groups excluding tert-OH is 2. The zero-order valence-electron chi connectivity index (χ0n) is 9.34. The molecule has 0 amide bonds. The number of carbonyl (C=O) groups excluding carboxylic acids is 1. The van der Waals surface area contributed by atoms with Gasteiger partial charge in [0.15, 0.2) is 0 Å². The number of hydrogen-bond donors (Lipinski definition) is 2. The standard InChI is InChI=1S/C11H14BrNO4/c1-2-17-10(15)5-9(14)11(16)8-4-3-7(12)6-13-8/h3-4,6,9,11,14,16H,2,5H2,1H3. The Labute approximate surface area is 108 Å². The zero-order valence-corrected chi connectivity index (χ0v) is 10.9. The Morgan fingerprint density at radius 1 is 1.53 bits per heavy atom. The number of aromatic nitrogens is 1. The third-order valence-electron chi connectivity index (χ3n) is 2.10. The first-order valence-electron chi connectivity index (χ1n) is 5.17. The van der Waals surface area contributed by atoms with Crippen LogP contribution in [-0.4, -0.2) is 33.9 Å². The van der Waals surface area contributed by atoms with Gasteiger partial charge >= 0.3 is 5.97 Å². The Bertz CT molecular complexity index is 368. The molecule has 1 heterocycles. The van der Waals surface area contributed by atoms with Crippen LogP contribution < -0.4 is 0 Å². The van der Waals surface area contributed by atoms with Gasteiger partial charge in [-0.2, -0.15) is 0 Å². The molecule has 2 N–H and O–H groups in total. The highest BCUT2D eigenvalue weighted by Gasteiger charge is 2.22. The SMILES string of the molecule is CCOC(=O)CC(O)C(O)c1ccc(Br)cn1. The Kier molecular flexibility index (Phi) is 5.54. The molecular weight excluding hydrogens is 290 g/mol. The van der Waals surface area contributed by atoms with E-state index in [1.165, 1.54) is 6.20 Å². The third-order valence-corrected chi connectivity index (χ3v) is 2.57. The van der Waals surface area contributed by atoms with Gasteiger partial charge in [-0.15, -0.1) is 0 Å². The second kappa shape index (κ2) is 6.68. The monoisotopic (exact) mass is 303 g/mol. The minimum atomic E-state index is -1.22. The second-order valence-electron chi connectivity index (χ2n) is 3.42. The average molecular weight is 304 g/mol. The van der Waals surface area contributed by atoms with Crippen LogP contribution in [0.25, 0.3) is 0 Å². The minimum Gasteiger partial charge on any atom is -0.466 e. The summed E-state index contributed by atoms with van der Waals surface area (Å²) in [6, 6.07) is 3.27. The van der Waals surface area contributed by atoms with E-state index in [-0.39, 0.29) is 13.0 Å². The van der Waals surface area contributed by atoms with Crippen LogP contribution in [-0.2, 0) is 9.53 Å².